The van der Waals surface area contributed by atoms with Crippen LogP contribution in [0.2, 0.25) is 5.02 Å². The van der Waals surface area contributed by atoms with Crippen molar-refractivity contribution < 1.29 is 8.78 Å². The summed E-state index contributed by atoms with van der Waals surface area (Å²) in [6, 6.07) is 14.0. The Morgan fingerprint density at radius 2 is 1.60 bits per heavy atom. The molecule has 0 bridgehead atoms. The molecule has 0 atom stereocenters. The zero-order valence-electron chi connectivity index (χ0n) is 12.7. The lowest BCUT2D eigenvalue weighted by Gasteiger charge is -2.09. The second kappa shape index (κ2) is 5.86. The molecule has 4 rings (SSSR count). The molecule has 0 spiro atoms. The number of hydrogen-bond acceptors (Lipinski definition) is 2. The van der Waals surface area contributed by atoms with Gasteiger partial charge < -0.3 is 10.3 Å². The largest absolute Gasteiger partial charge is 0.355 e. The van der Waals surface area contributed by atoms with Crippen molar-refractivity contribution in [3.05, 3.63) is 81.5 Å². The maximum Gasteiger partial charge on any atom is 0.200 e. The highest BCUT2D eigenvalue weighted by atomic mass is 35.5. The van der Waals surface area contributed by atoms with Crippen LogP contribution >= 0.6 is 11.6 Å². The van der Waals surface area contributed by atoms with Crippen molar-refractivity contribution in [2.45, 2.75) is 0 Å². The zero-order chi connectivity index (χ0) is 17.6. The van der Waals surface area contributed by atoms with E-state index >= 15 is 0 Å². The summed E-state index contributed by atoms with van der Waals surface area (Å²) in [6.07, 6.45) is 0. The number of H-pyrrole nitrogens is 1. The third kappa shape index (κ3) is 2.83. The number of hydrogen-bond donors (Lipinski definition) is 2. The molecule has 0 saturated heterocycles. The molecule has 0 fully saturated rings. The van der Waals surface area contributed by atoms with Gasteiger partial charge in [0.05, 0.1) is 16.4 Å². The average molecular weight is 357 g/mol. The molecule has 4 aromatic rings. The molecule has 0 aliphatic carbocycles. The number of rotatable bonds is 2. The van der Waals surface area contributed by atoms with Gasteiger partial charge in [0.15, 0.2) is 5.43 Å². The summed E-state index contributed by atoms with van der Waals surface area (Å²) in [5.41, 5.74) is 1.69. The maximum atomic E-state index is 14.0. The molecule has 3 aromatic carbocycles. The van der Waals surface area contributed by atoms with Gasteiger partial charge in [0.2, 0.25) is 0 Å². The van der Waals surface area contributed by atoms with Crippen LogP contribution in [-0.2, 0) is 0 Å². The summed E-state index contributed by atoms with van der Waals surface area (Å²) in [5, 5.41) is 4.00. The normalized spacial score (nSPS) is 11.2. The Bertz CT molecular complexity index is 1170. The van der Waals surface area contributed by atoms with Crippen LogP contribution in [0, 0.1) is 11.6 Å². The van der Waals surface area contributed by atoms with Gasteiger partial charge in [-0.25, -0.2) is 8.78 Å². The molecular weight excluding hydrogens is 346 g/mol. The van der Waals surface area contributed by atoms with Crippen molar-refractivity contribution in [2.24, 2.45) is 0 Å². The van der Waals surface area contributed by atoms with Gasteiger partial charge in [0.1, 0.15) is 11.6 Å². The first-order valence-electron chi connectivity index (χ1n) is 7.49. The minimum Gasteiger partial charge on any atom is -0.355 e. The first-order chi connectivity index (χ1) is 12.0. The number of aromatic amines is 1. The second-order valence-electron chi connectivity index (χ2n) is 5.66. The smallest absolute Gasteiger partial charge is 0.200 e. The maximum absolute atomic E-state index is 14.0. The molecule has 1 heterocycles. The number of benzene rings is 3. The van der Waals surface area contributed by atoms with E-state index < -0.39 is 17.1 Å². The van der Waals surface area contributed by atoms with Gasteiger partial charge in [-0.1, -0.05) is 11.6 Å². The third-order valence-electron chi connectivity index (χ3n) is 3.95. The van der Waals surface area contributed by atoms with Crippen LogP contribution < -0.4 is 10.7 Å². The summed E-state index contributed by atoms with van der Waals surface area (Å²) >= 11 is 5.86. The second-order valence-corrected chi connectivity index (χ2v) is 6.09. The van der Waals surface area contributed by atoms with Crippen LogP contribution in [0.5, 0.6) is 0 Å². The highest BCUT2D eigenvalue weighted by Gasteiger charge is 2.12. The molecule has 0 saturated carbocycles. The average Bonchev–Trinajstić information content (AvgIpc) is 2.56. The van der Waals surface area contributed by atoms with Gasteiger partial charge in [0.25, 0.3) is 0 Å². The molecule has 0 radical (unpaired) electrons. The number of nitrogens with one attached hydrogen (secondary N) is 2. The number of fused-ring (bicyclic) bond motifs is 2. The van der Waals surface area contributed by atoms with E-state index in [2.05, 4.69) is 10.3 Å². The Balaban J connectivity index is 1.86. The predicted molar refractivity (Wildman–Crippen MR) is 96.7 cm³/mol. The van der Waals surface area contributed by atoms with Crippen LogP contribution in [0.3, 0.4) is 0 Å². The first-order valence-corrected chi connectivity index (χ1v) is 7.86. The van der Waals surface area contributed by atoms with Crippen molar-refractivity contribution >= 4 is 44.8 Å². The summed E-state index contributed by atoms with van der Waals surface area (Å²) < 4.78 is 27.4. The van der Waals surface area contributed by atoms with Gasteiger partial charge in [-0.05, 0) is 48.5 Å². The molecule has 0 aliphatic heterocycles. The monoisotopic (exact) mass is 356 g/mol. The van der Waals surface area contributed by atoms with E-state index in [1.165, 1.54) is 0 Å². The first kappa shape index (κ1) is 15.6. The van der Waals surface area contributed by atoms with Crippen molar-refractivity contribution in [2.75, 3.05) is 5.32 Å². The number of aromatic nitrogens is 1. The van der Waals surface area contributed by atoms with Crippen LogP contribution in [0.1, 0.15) is 0 Å². The van der Waals surface area contributed by atoms with Crippen molar-refractivity contribution in [1.82, 2.24) is 4.98 Å². The van der Waals surface area contributed by atoms with Crippen LogP contribution in [0.4, 0.5) is 20.2 Å². The molecule has 6 heteroatoms. The van der Waals surface area contributed by atoms with Crippen LogP contribution in [-0.4, -0.2) is 4.98 Å². The number of pyridine rings is 1. The molecule has 0 unspecified atom stereocenters. The number of halogens is 3. The van der Waals surface area contributed by atoms with E-state index in [4.69, 9.17) is 11.6 Å². The molecule has 1 aromatic heterocycles. The van der Waals surface area contributed by atoms with Crippen molar-refractivity contribution in [1.29, 1.82) is 0 Å². The lowest BCUT2D eigenvalue weighted by molar-refractivity contribution is 0.591. The quantitative estimate of drug-likeness (QED) is 0.475. The molecular formula is C19H11ClF2N2O. The molecule has 124 valence electrons. The van der Waals surface area contributed by atoms with E-state index in [9.17, 15) is 13.6 Å². The van der Waals surface area contributed by atoms with Gasteiger partial charge >= 0.3 is 0 Å². The fraction of sp³-hybridized carbons (Fsp3) is 0. The Hall–Kier alpha value is -2.92. The van der Waals surface area contributed by atoms with E-state index in [1.807, 2.05) is 12.1 Å². The fourth-order valence-electron chi connectivity index (χ4n) is 2.81. The summed E-state index contributed by atoms with van der Waals surface area (Å²) in [6.45, 7) is 0. The van der Waals surface area contributed by atoms with Gasteiger partial charge in [0, 0.05) is 27.8 Å². The van der Waals surface area contributed by atoms with Crippen molar-refractivity contribution in [3.8, 4) is 0 Å². The zero-order valence-corrected chi connectivity index (χ0v) is 13.5. The minimum atomic E-state index is -0.874. The van der Waals surface area contributed by atoms with Crippen LogP contribution in [0.15, 0.2) is 59.4 Å². The molecule has 3 nitrogen and oxygen atoms in total. The SMILES string of the molecule is O=c1c2ccc(Nc3ccc(Cl)cc3)cc2[nH]c2cc(F)cc(F)c12. The van der Waals surface area contributed by atoms with E-state index in [0.717, 1.165) is 17.4 Å². The van der Waals surface area contributed by atoms with Gasteiger partial charge in [-0.2, -0.15) is 0 Å². The van der Waals surface area contributed by atoms with E-state index in [0.29, 0.717) is 22.0 Å². The fourth-order valence-corrected chi connectivity index (χ4v) is 2.93. The van der Waals surface area contributed by atoms with E-state index in [-0.39, 0.29) is 10.9 Å². The highest BCUT2D eigenvalue weighted by molar-refractivity contribution is 6.30. The predicted octanol–water partition coefficient (Wildman–Crippen LogP) is 5.36. The summed E-state index contributed by atoms with van der Waals surface area (Å²) in [7, 11) is 0. The summed E-state index contributed by atoms with van der Waals surface area (Å²) in [5.74, 6) is -1.61. The third-order valence-corrected chi connectivity index (χ3v) is 4.20. The minimum absolute atomic E-state index is 0.124. The number of anilines is 2. The molecule has 25 heavy (non-hydrogen) atoms. The van der Waals surface area contributed by atoms with E-state index in [1.54, 1.807) is 30.3 Å². The van der Waals surface area contributed by atoms with Gasteiger partial charge in [-0.15, -0.1) is 0 Å². The Morgan fingerprint density at radius 3 is 2.36 bits per heavy atom. The van der Waals surface area contributed by atoms with Gasteiger partial charge in [-0.3, -0.25) is 4.79 Å². The standard InChI is InChI=1S/C19H11ClF2N2O/c20-10-1-3-12(4-2-10)23-13-5-6-14-16(9-13)24-17-8-11(21)7-15(22)18(17)19(14)25/h1-9,23H,(H,24,25). The molecule has 0 aliphatic rings. The summed E-state index contributed by atoms with van der Waals surface area (Å²) in [4.78, 5) is 15.4. The Kier molecular flexibility index (Phi) is 3.66. The highest BCUT2D eigenvalue weighted by Crippen LogP contribution is 2.24. The van der Waals surface area contributed by atoms with Crippen molar-refractivity contribution in [3.63, 3.8) is 0 Å². The Morgan fingerprint density at radius 1 is 0.880 bits per heavy atom. The molecule has 0 amide bonds. The lowest BCUT2D eigenvalue weighted by Crippen LogP contribution is -2.07. The van der Waals surface area contributed by atoms with Crippen LogP contribution in [0.25, 0.3) is 21.8 Å². The lowest BCUT2D eigenvalue weighted by atomic mass is 10.1. The Labute approximate surface area is 145 Å². The topological polar surface area (TPSA) is 44.9 Å². The molecule has 2 N–H and O–H groups in total.